The molecule has 4 rings (SSSR count). The fraction of sp³-hybridized carbons (Fsp3) is 0.389. The van der Waals surface area contributed by atoms with Crippen molar-refractivity contribution in [2.75, 3.05) is 11.1 Å². The fourth-order valence-electron chi connectivity index (χ4n) is 3.46. The number of aryl methyl sites for hydroxylation is 1. The smallest absolute Gasteiger partial charge is 0.257 e. The van der Waals surface area contributed by atoms with Gasteiger partial charge in [-0.05, 0) is 43.9 Å². The molecule has 5 nitrogen and oxygen atoms in total. The number of carbonyl (C=O) groups excluding carboxylic acids is 1. The number of carbonyl (C=O) groups is 1. The van der Waals surface area contributed by atoms with Crippen molar-refractivity contribution >= 4 is 35.0 Å². The average molecular weight is 376 g/mol. The third kappa shape index (κ3) is 3.33. The molecular formula is C18H18ClN3O2S. The lowest BCUT2D eigenvalue weighted by atomic mass is 9.97. The van der Waals surface area contributed by atoms with Crippen LogP contribution in [0.3, 0.4) is 0 Å². The summed E-state index contributed by atoms with van der Waals surface area (Å²) in [6.45, 7) is 0. The molecule has 0 saturated heterocycles. The summed E-state index contributed by atoms with van der Waals surface area (Å²) in [5, 5.41) is 4.19. The Morgan fingerprint density at radius 1 is 1.36 bits per heavy atom. The van der Waals surface area contributed by atoms with Gasteiger partial charge in [-0.15, -0.1) is 0 Å². The maximum Gasteiger partial charge on any atom is 0.257 e. The lowest BCUT2D eigenvalue weighted by Crippen LogP contribution is -2.32. The van der Waals surface area contributed by atoms with Crippen molar-refractivity contribution in [1.82, 2.24) is 9.55 Å². The number of hydrogen-bond acceptors (Lipinski definition) is 4. The Labute approximate surface area is 154 Å². The van der Waals surface area contributed by atoms with Crippen LogP contribution < -0.4 is 10.9 Å². The van der Waals surface area contributed by atoms with Gasteiger partial charge in [0, 0.05) is 28.4 Å². The number of anilines is 1. The van der Waals surface area contributed by atoms with E-state index in [4.69, 9.17) is 11.6 Å². The third-order valence-electron chi connectivity index (χ3n) is 4.65. The Balaban J connectivity index is 1.54. The number of nitrogens with one attached hydrogen (secondary N) is 1. The van der Waals surface area contributed by atoms with Crippen LogP contribution in [0.15, 0.2) is 34.2 Å². The van der Waals surface area contributed by atoms with Crippen LogP contribution >= 0.6 is 23.4 Å². The monoisotopic (exact) mass is 375 g/mol. The number of nitrogens with zero attached hydrogens (tertiary/aromatic N) is 2. The van der Waals surface area contributed by atoms with Gasteiger partial charge in [0.05, 0.1) is 11.7 Å². The van der Waals surface area contributed by atoms with Crippen molar-refractivity contribution in [2.24, 2.45) is 0 Å². The van der Waals surface area contributed by atoms with Crippen LogP contribution in [0, 0.1) is 0 Å². The van der Waals surface area contributed by atoms with Gasteiger partial charge in [0.15, 0.2) is 5.16 Å². The van der Waals surface area contributed by atoms with Gasteiger partial charge in [0.25, 0.3) is 5.56 Å². The molecule has 1 atom stereocenters. The number of hydrogen-bond donors (Lipinski definition) is 1. The van der Waals surface area contributed by atoms with Gasteiger partial charge in [0.1, 0.15) is 0 Å². The Bertz CT molecular complexity index is 896. The van der Waals surface area contributed by atoms with Crippen LogP contribution in [0.5, 0.6) is 0 Å². The van der Waals surface area contributed by atoms with Crippen LogP contribution in [0.1, 0.15) is 36.6 Å². The lowest BCUT2D eigenvalue weighted by molar-refractivity contribution is -0.116. The number of rotatable bonds is 3. The van der Waals surface area contributed by atoms with E-state index in [0.29, 0.717) is 16.5 Å². The zero-order valence-corrected chi connectivity index (χ0v) is 15.2. The van der Waals surface area contributed by atoms with E-state index in [1.165, 1.54) is 0 Å². The van der Waals surface area contributed by atoms with Gasteiger partial charge < -0.3 is 5.32 Å². The summed E-state index contributed by atoms with van der Waals surface area (Å²) in [6, 6.07) is 6.91. The highest BCUT2D eigenvalue weighted by atomic mass is 35.5. The van der Waals surface area contributed by atoms with Gasteiger partial charge in [-0.3, -0.25) is 14.2 Å². The maximum atomic E-state index is 12.9. The second kappa shape index (κ2) is 6.84. The zero-order chi connectivity index (χ0) is 17.4. The Morgan fingerprint density at radius 3 is 3.04 bits per heavy atom. The number of aromatic nitrogens is 2. The molecule has 1 aromatic heterocycles. The molecule has 0 bridgehead atoms. The van der Waals surface area contributed by atoms with Crippen molar-refractivity contribution in [1.29, 1.82) is 0 Å². The molecule has 2 heterocycles. The van der Waals surface area contributed by atoms with Gasteiger partial charge in [-0.1, -0.05) is 29.4 Å². The molecule has 25 heavy (non-hydrogen) atoms. The largest absolute Gasteiger partial charge is 0.326 e. The predicted octanol–water partition coefficient (Wildman–Crippen LogP) is 3.45. The molecule has 0 fully saturated rings. The number of amides is 1. The van der Waals surface area contributed by atoms with Gasteiger partial charge >= 0.3 is 0 Å². The normalized spacial score (nSPS) is 18.5. The van der Waals surface area contributed by atoms with E-state index in [0.717, 1.165) is 42.1 Å². The summed E-state index contributed by atoms with van der Waals surface area (Å²) in [6.07, 6.45) is 4.08. The first kappa shape index (κ1) is 16.7. The van der Waals surface area contributed by atoms with Crippen molar-refractivity contribution < 1.29 is 4.79 Å². The highest BCUT2D eigenvalue weighted by molar-refractivity contribution is 7.99. The highest BCUT2D eigenvalue weighted by Crippen LogP contribution is 2.34. The summed E-state index contributed by atoms with van der Waals surface area (Å²) < 4.78 is 1.73. The molecule has 0 saturated carbocycles. The van der Waals surface area contributed by atoms with Gasteiger partial charge in [-0.2, -0.15) is 0 Å². The summed E-state index contributed by atoms with van der Waals surface area (Å²) in [5.74, 6) is 0.582. The van der Waals surface area contributed by atoms with Crippen molar-refractivity contribution in [3.05, 3.63) is 50.9 Å². The second-order valence-electron chi connectivity index (χ2n) is 6.43. The SMILES string of the molecule is O=C(CC1CSc2nc3c(c(=O)n21)CCCC3)Nc1cccc(Cl)c1. The molecule has 1 aliphatic heterocycles. The summed E-state index contributed by atoms with van der Waals surface area (Å²) in [5.41, 5.74) is 2.52. The first-order valence-electron chi connectivity index (χ1n) is 8.44. The molecule has 2 aliphatic rings. The highest BCUT2D eigenvalue weighted by Gasteiger charge is 2.30. The van der Waals surface area contributed by atoms with Crippen molar-refractivity contribution in [3.8, 4) is 0 Å². The maximum absolute atomic E-state index is 12.9. The van der Waals surface area contributed by atoms with Crippen molar-refractivity contribution in [2.45, 2.75) is 43.3 Å². The summed E-state index contributed by atoms with van der Waals surface area (Å²) in [4.78, 5) is 29.9. The number of thioether (sulfide) groups is 1. The minimum absolute atomic E-state index is 0.0465. The van der Waals surface area contributed by atoms with E-state index in [2.05, 4.69) is 10.3 Å². The van der Waals surface area contributed by atoms with E-state index in [1.807, 2.05) is 0 Å². The molecule has 0 radical (unpaired) electrons. The third-order valence-corrected chi connectivity index (χ3v) is 5.98. The fourth-order valence-corrected chi connectivity index (χ4v) is 4.80. The number of halogens is 1. The number of benzene rings is 1. The molecule has 7 heteroatoms. The Kier molecular flexibility index (Phi) is 4.56. The molecule has 2 aromatic rings. The van der Waals surface area contributed by atoms with Crippen LogP contribution in [-0.2, 0) is 17.6 Å². The molecular weight excluding hydrogens is 358 g/mol. The van der Waals surface area contributed by atoms with E-state index in [-0.39, 0.29) is 23.9 Å². The molecule has 1 unspecified atom stereocenters. The summed E-state index contributed by atoms with van der Waals surface area (Å²) in [7, 11) is 0. The predicted molar refractivity (Wildman–Crippen MR) is 99.6 cm³/mol. The number of fused-ring (bicyclic) bond motifs is 2. The van der Waals surface area contributed by atoms with E-state index in [1.54, 1.807) is 40.6 Å². The van der Waals surface area contributed by atoms with Crippen LogP contribution in [0.2, 0.25) is 5.02 Å². The molecule has 130 valence electrons. The molecule has 1 aromatic carbocycles. The van der Waals surface area contributed by atoms with Crippen LogP contribution in [0.4, 0.5) is 5.69 Å². The first-order chi connectivity index (χ1) is 12.1. The molecule has 1 aliphatic carbocycles. The molecule has 1 N–H and O–H groups in total. The van der Waals surface area contributed by atoms with Gasteiger partial charge in [-0.25, -0.2) is 4.98 Å². The van der Waals surface area contributed by atoms with Gasteiger partial charge in [0.2, 0.25) is 5.91 Å². The summed E-state index contributed by atoms with van der Waals surface area (Å²) >= 11 is 7.51. The standard InChI is InChI=1S/C18H18ClN3O2S/c19-11-4-3-5-12(8-11)20-16(23)9-13-10-25-18-21-15-7-2-1-6-14(15)17(24)22(13)18/h3-5,8,13H,1-2,6-7,9-10H2,(H,20,23). The second-order valence-corrected chi connectivity index (χ2v) is 7.85. The minimum Gasteiger partial charge on any atom is -0.326 e. The van der Waals surface area contributed by atoms with Crippen molar-refractivity contribution in [3.63, 3.8) is 0 Å². The van der Waals surface area contributed by atoms with E-state index >= 15 is 0 Å². The quantitative estimate of drug-likeness (QED) is 0.834. The van der Waals surface area contributed by atoms with Crippen LogP contribution in [0.25, 0.3) is 0 Å². The zero-order valence-electron chi connectivity index (χ0n) is 13.6. The van der Waals surface area contributed by atoms with E-state index in [9.17, 15) is 9.59 Å². The topological polar surface area (TPSA) is 64.0 Å². The van der Waals surface area contributed by atoms with Crippen LogP contribution in [-0.4, -0.2) is 21.2 Å². The average Bonchev–Trinajstić information content (AvgIpc) is 2.98. The Morgan fingerprint density at radius 2 is 2.20 bits per heavy atom. The first-order valence-corrected chi connectivity index (χ1v) is 9.80. The lowest BCUT2D eigenvalue weighted by Gasteiger charge is -2.18. The Hall–Kier alpha value is -1.79. The molecule has 1 amide bonds. The molecule has 0 spiro atoms. The minimum atomic E-state index is -0.147. The van der Waals surface area contributed by atoms with E-state index < -0.39 is 0 Å².